The van der Waals surface area contributed by atoms with Crippen molar-refractivity contribution in [1.82, 2.24) is 10.1 Å². The summed E-state index contributed by atoms with van der Waals surface area (Å²) < 4.78 is 15.3. The largest absolute Gasteiger partial charge is 0.452 e. The Bertz CT molecular complexity index is 1020. The summed E-state index contributed by atoms with van der Waals surface area (Å²) in [4.78, 5) is 50.5. The molecule has 2 aliphatic rings. The van der Waals surface area contributed by atoms with Crippen molar-refractivity contribution in [3.8, 4) is 0 Å². The average Bonchev–Trinajstić information content (AvgIpc) is 3.44. The summed E-state index contributed by atoms with van der Waals surface area (Å²) in [5.74, 6) is -1.53. The molecule has 1 aromatic heterocycles. The Morgan fingerprint density at radius 1 is 1.23 bits per heavy atom. The number of nitrogens with one attached hydrogen (secondary N) is 1. The Hall–Kier alpha value is -3.53. The number of nitrogens with zero attached hydrogens (tertiary/aromatic N) is 2. The van der Waals surface area contributed by atoms with Gasteiger partial charge in [0.05, 0.1) is 29.3 Å². The van der Waals surface area contributed by atoms with Crippen LogP contribution in [-0.4, -0.2) is 59.6 Å². The average molecular weight is 413 g/mol. The van der Waals surface area contributed by atoms with E-state index in [2.05, 4.69) is 10.5 Å². The maximum absolute atomic E-state index is 12.7. The predicted molar refractivity (Wildman–Crippen MR) is 101 cm³/mol. The lowest BCUT2D eigenvalue weighted by Gasteiger charge is -2.17. The minimum Gasteiger partial charge on any atom is -0.452 e. The quantitative estimate of drug-likeness (QED) is 0.558. The molecule has 10 heteroatoms. The molecule has 1 N–H and O–H groups in total. The van der Waals surface area contributed by atoms with Crippen LogP contribution in [0, 0.1) is 6.92 Å². The van der Waals surface area contributed by atoms with Gasteiger partial charge in [-0.1, -0.05) is 5.16 Å². The number of aryl methyl sites for hydroxylation is 1. The van der Waals surface area contributed by atoms with Gasteiger partial charge >= 0.3 is 5.97 Å². The lowest BCUT2D eigenvalue weighted by atomic mass is 10.1. The fraction of sp³-hybridized carbons (Fsp3) is 0.350. The molecule has 0 radical (unpaired) electrons. The second-order valence-corrected chi connectivity index (χ2v) is 7.06. The normalized spacial score (nSPS) is 17.9. The van der Waals surface area contributed by atoms with Crippen LogP contribution in [0.15, 0.2) is 28.8 Å². The summed E-state index contributed by atoms with van der Waals surface area (Å²) in [7, 11) is 0. The van der Waals surface area contributed by atoms with E-state index in [9.17, 15) is 19.2 Å². The molecule has 3 amide bonds. The summed E-state index contributed by atoms with van der Waals surface area (Å²) in [6.07, 6.45) is 1.53. The topological polar surface area (TPSA) is 128 Å². The Kier molecular flexibility index (Phi) is 5.32. The minimum atomic E-state index is -0.790. The zero-order valence-corrected chi connectivity index (χ0v) is 16.2. The molecule has 2 aliphatic heterocycles. The van der Waals surface area contributed by atoms with E-state index in [0.29, 0.717) is 12.4 Å². The van der Waals surface area contributed by atoms with Crippen LogP contribution in [0.4, 0.5) is 5.82 Å². The number of carbonyl (C=O) groups is 4. The number of rotatable bonds is 6. The molecule has 0 unspecified atom stereocenters. The zero-order valence-electron chi connectivity index (χ0n) is 16.2. The number of hydrogen-bond donors (Lipinski definition) is 1. The predicted octanol–water partition coefficient (Wildman–Crippen LogP) is 1.55. The molecular formula is C20H19N3O7. The van der Waals surface area contributed by atoms with Gasteiger partial charge in [-0.05, 0) is 38.0 Å². The number of amides is 3. The molecule has 0 aliphatic carbocycles. The van der Waals surface area contributed by atoms with E-state index >= 15 is 0 Å². The van der Waals surface area contributed by atoms with Crippen LogP contribution in [-0.2, 0) is 14.3 Å². The third-order valence-electron chi connectivity index (χ3n) is 4.85. The summed E-state index contributed by atoms with van der Waals surface area (Å²) in [6.45, 7) is 1.94. The van der Waals surface area contributed by atoms with Crippen molar-refractivity contribution in [2.24, 2.45) is 0 Å². The highest BCUT2D eigenvalue weighted by Gasteiger charge is 2.38. The molecule has 2 aromatic rings. The molecule has 0 spiro atoms. The van der Waals surface area contributed by atoms with E-state index in [1.165, 1.54) is 24.3 Å². The van der Waals surface area contributed by atoms with Gasteiger partial charge in [0.25, 0.3) is 17.7 Å². The van der Waals surface area contributed by atoms with Gasteiger partial charge in [0.2, 0.25) is 0 Å². The van der Waals surface area contributed by atoms with E-state index in [4.69, 9.17) is 14.0 Å². The van der Waals surface area contributed by atoms with Crippen molar-refractivity contribution in [3.63, 3.8) is 0 Å². The third kappa shape index (κ3) is 3.94. The highest BCUT2D eigenvalue weighted by Crippen LogP contribution is 2.26. The highest BCUT2D eigenvalue weighted by molar-refractivity contribution is 6.22. The molecule has 0 saturated carbocycles. The molecule has 1 aromatic carbocycles. The zero-order chi connectivity index (χ0) is 21.3. The van der Waals surface area contributed by atoms with Gasteiger partial charge < -0.3 is 19.3 Å². The number of fused-ring (bicyclic) bond motifs is 1. The Labute approximate surface area is 171 Å². The van der Waals surface area contributed by atoms with Crippen molar-refractivity contribution >= 4 is 29.5 Å². The number of imide groups is 1. The smallest absolute Gasteiger partial charge is 0.338 e. The number of aromatic nitrogens is 1. The van der Waals surface area contributed by atoms with E-state index in [1.807, 2.05) is 0 Å². The van der Waals surface area contributed by atoms with Gasteiger partial charge in [0, 0.05) is 12.7 Å². The van der Waals surface area contributed by atoms with Crippen molar-refractivity contribution in [2.75, 3.05) is 25.1 Å². The Morgan fingerprint density at radius 2 is 2.03 bits per heavy atom. The Balaban J connectivity index is 1.38. The number of esters is 1. The first-order valence-corrected chi connectivity index (χ1v) is 9.44. The van der Waals surface area contributed by atoms with E-state index < -0.39 is 30.3 Å². The molecule has 10 nitrogen and oxygen atoms in total. The minimum absolute atomic E-state index is 0.0685. The standard InChI is InChI=1S/C20H19N3O7/c1-11-7-16(22-30-11)21-17(24)10-29-20(27)12-4-5-14-15(8-12)19(26)23(18(14)25)9-13-3-2-6-28-13/h4-5,7-8,13H,2-3,6,9-10H2,1H3,(H,21,22,24)/t13-/m0/s1. The van der Waals surface area contributed by atoms with Gasteiger partial charge in [0.15, 0.2) is 12.4 Å². The van der Waals surface area contributed by atoms with Gasteiger partial charge in [-0.2, -0.15) is 0 Å². The molecule has 1 saturated heterocycles. The van der Waals surface area contributed by atoms with Gasteiger partial charge in [-0.25, -0.2) is 4.79 Å². The lowest BCUT2D eigenvalue weighted by Crippen LogP contribution is -2.36. The number of anilines is 1. The van der Waals surface area contributed by atoms with E-state index in [-0.39, 0.29) is 35.2 Å². The fourth-order valence-corrected chi connectivity index (χ4v) is 3.39. The monoisotopic (exact) mass is 413 g/mol. The molecular weight excluding hydrogens is 394 g/mol. The van der Waals surface area contributed by atoms with Crippen molar-refractivity contribution in [2.45, 2.75) is 25.9 Å². The molecule has 156 valence electrons. The molecule has 1 fully saturated rings. The first kappa shape index (κ1) is 19.8. The molecule has 4 rings (SSSR count). The van der Waals surface area contributed by atoms with Crippen molar-refractivity contribution < 1.29 is 33.2 Å². The highest BCUT2D eigenvalue weighted by atomic mass is 16.5. The number of ether oxygens (including phenoxy) is 2. The first-order valence-electron chi connectivity index (χ1n) is 9.44. The van der Waals surface area contributed by atoms with Crippen LogP contribution in [0.1, 0.15) is 49.7 Å². The van der Waals surface area contributed by atoms with E-state index in [0.717, 1.165) is 17.7 Å². The van der Waals surface area contributed by atoms with Gasteiger partial charge in [0.1, 0.15) is 5.76 Å². The first-order chi connectivity index (χ1) is 14.4. The summed E-state index contributed by atoms with van der Waals surface area (Å²) in [5, 5.41) is 6.03. The number of carbonyl (C=O) groups excluding carboxylic acids is 4. The van der Waals surface area contributed by atoms with Crippen molar-refractivity contribution in [1.29, 1.82) is 0 Å². The lowest BCUT2D eigenvalue weighted by molar-refractivity contribution is -0.119. The second-order valence-electron chi connectivity index (χ2n) is 7.06. The van der Waals surface area contributed by atoms with E-state index in [1.54, 1.807) is 6.92 Å². The van der Waals surface area contributed by atoms with Crippen LogP contribution < -0.4 is 5.32 Å². The number of hydrogen-bond acceptors (Lipinski definition) is 8. The maximum atomic E-state index is 12.7. The number of benzene rings is 1. The van der Waals surface area contributed by atoms with Crippen molar-refractivity contribution in [3.05, 3.63) is 46.7 Å². The summed E-state index contributed by atoms with van der Waals surface area (Å²) >= 11 is 0. The van der Waals surface area contributed by atoms with Crippen LogP contribution in [0.3, 0.4) is 0 Å². The summed E-state index contributed by atoms with van der Waals surface area (Å²) in [5.41, 5.74) is 0.433. The second kappa shape index (κ2) is 8.07. The van der Waals surface area contributed by atoms with Gasteiger partial charge in [-0.15, -0.1) is 0 Å². The van der Waals surface area contributed by atoms with Gasteiger partial charge in [-0.3, -0.25) is 19.3 Å². The summed E-state index contributed by atoms with van der Waals surface area (Å²) in [6, 6.07) is 5.64. The molecule has 1 atom stereocenters. The maximum Gasteiger partial charge on any atom is 0.338 e. The molecule has 0 bridgehead atoms. The van der Waals surface area contributed by atoms with Crippen LogP contribution >= 0.6 is 0 Å². The molecule has 30 heavy (non-hydrogen) atoms. The van der Waals surface area contributed by atoms with Crippen LogP contribution in [0.25, 0.3) is 0 Å². The van der Waals surface area contributed by atoms with Crippen LogP contribution in [0.2, 0.25) is 0 Å². The molecule has 3 heterocycles. The Morgan fingerprint density at radius 3 is 2.73 bits per heavy atom. The third-order valence-corrected chi connectivity index (χ3v) is 4.85. The van der Waals surface area contributed by atoms with Crippen LogP contribution in [0.5, 0.6) is 0 Å². The SMILES string of the molecule is Cc1cc(NC(=O)COC(=O)c2ccc3c(c2)C(=O)N(C[C@@H]2CCCO2)C3=O)no1. The fourth-order valence-electron chi connectivity index (χ4n) is 3.39.